The molecular weight excluding hydrogens is 280 g/mol. The molecule has 0 bridgehead atoms. The van der Waals surface area contributed by atoms with Crippen molar-refractivity contribution in [3.05, 3.63) is 17.7 Å². The minimum absolute atomic E-state index is 0.118. The van der Waals surface area contributed by atoms with Gasteiger partial charge in [0.05, 0.1) is 0 Å². The summed E-state index contributed by atoms with van der Waals surface area (Å²) in [6.45, 7) is 3.27. The maximum absolute atomic E-state index is 13.7. The van der Waals surface area contributed by atoms with Gasteiger partial charge in [0.15, 0.2) is 23.3 Å². The SMILES string of the molecule is CCCNc1nc(NCC2CCCCS2)c(F)cc1F. The first-order valence-electron chi connectivity index (χ1n) is 7.16. The third kappa shape index (κ3) is 4.23. The molecule has 6 heteroatoms. The molecule has 2 heterocycles. The standard InChI is InChI=1S/C14H21F2N3S/c1-2-6-17-13-11(15)8-12(16)14(19-13)18-9-10-5-3-4-7-20-10/h8,10H,2-7,9H2,1H3,(H2,17,18,19). The maximum Gasteiger partial charge on any atom is 0.168 e. The molecule has 0 spiro atoms. The summed E-state index contributed by atoms with van der Waals surface area (Å²) < 4.78 is 27.3. The van der Waals surface area contributed by atoms with E-state index in [1.54, 1.807) is 0 Å². The molecule has 1 aliphatic rings. The molecular formula is C14H21F2N3S. The van der Waals surface area contributed by atoms with Crippen molar-refractivity contribution in [2.75, 3.05) is 29.5 Å². The van der Waals surface area contributed by atoms with E-state index >= 15 is 0 Å². The van der Waals surface area contributed by atoms with Crippen LogP contribution in [0.3, 0.4) is 0 Å². The van der Waals surface area contributed by atoms with Gasteiger partial charge in [0.25, 0.3) is 0 Å². The zero-order chi connectivity index (χ0) is 14.4. The van der Waals surface area contributed by atoms with Crippen LogP contribution in [0, 0.1) is 11.6 Å². The Morgan fingerprint density at radius 1 is 1.25 bits per heavy atom. The van der Waals surface area contributed by atoms with E-state index in [-0.39, 0.29) is 11.6 Å². The number of pyridine rings is 1. The van der Waals surface area contributed by atoms with Crippen LogP contribution >= 0.6 is 11.8 Å². The highest BCUT2D eigenvalue weighted by Gasteiger charge is 2.16. The largest absolute Gasteiger partial charge is 0.368 e. The first kappa shape index (κ1) is 15.4. The Labute approximate surface area is 122 Å². The van der Waals surface area contributed by atoms with E-state index in [0.717, 1.165) is 24.7 Å². The number of hydrogen-bond acceptors (Lipinski definition) is 4. The molecule has 0 amide bonds. The summed E-state index contributed by atoms with van der Waals surface area (Å²) in [5, 5.41) is 6.37. The number of aromatic nitrogens is 1. The fraction of sp³-hybridized carbons (Fsp3) is 0.643. The Morgan fingerprint density at radius 3 is 2.65 bits per heavy atom. The second-order valence-electron chi connectivity index (χ2n) is 4.95. The Hall–Kier alpha value is -1.04. The van der Waals surface area contributed by atoms with Gasteiger partial charge in [-0.15, -0.1) is 0 Å². The fourth-order valence-corrected chi connectivity index (χ4v) is 3.38. The van der Waals surface area contributed by atoms with Gasteiger partial charge in [-0.05, 0) is 25.0 Å². The lowest BCUT2D eigenvalue weighted by Gasteiger charge is -2.22. The van der Waals surface area contributed by atoms with Crippen LogP contribution in [0.1, 0.15) is 32.6 Å². The number of thioether (sulfide) groups is 1. The van der Waals surface area contributed by atoms with Crippen LogP contribution in [-0.2, 0) is 0 Å². The van der Waals surface area contributed by atoms with Gasteiger partial charge < -0.3 is 10.6 Å². The third-order valence-corrected chi connectivity index (χ3v) is 4.64. The highest BCUT2D eigenvalue weighted by Crippen LogP contribution is 2.26. The van der Waals surface area contributed by atoms with Gasteiger partial charge in [-0.2, -0.15) is 11.8 Å². The minimum atomic E-state index is -0.645. The van der Waals surface area contributed by atoms with Crippen LogP contribution in [0.4, 0.5) is 20.4 Å². The summed E-state index contributed by atoms with van der Waals surface area (Å²) >= 11 is 1.91. The smallest absolute Gasteiger partial charge is 0.168 e. The summed E-state index contributed by atoms with van der Waals surface area (Å²) in [5.41, 5.74) is 0. The number of halogens is 2. The Morgan fingerprint density at radius 2 is 2.00 bits per heavy atom. The van der Waals surface area contributed by atoms with Crippen molar-refractivity contribution in [3.63, 3.8) is 0 Å². The Balaban J connectivity index is 1.98. The average Bonchev–Trinajstić information content (AvgIpc) is 2.46. The quantitative estimate of drug-likeness (QED) is 0.836. The second kappa shape index (κ2) is 7.67. The fourth-order valence-electron chi connectivity index (χ4n) is 2.14. The van der Waals surface area contributed by atoms with Gasteiger partial charge in [0.1, 0.15) is 0 Å². The Bertz CT molecular complexity index is 437. The molecule has 0 aliphatic carbocycles. The first-order chi connectivity index (χ1) is 9.70. The summed E-state index contributed by atoms with van der Waals surface area (Å²) in [6.07, 6.45) is 4.48. The van der Waals surface area contributed by atoms with Crippen molar-refractivity contribution in [3.8, 4) is 0 Å². The molecule has 1 saturated heterocycles. The summed E-state index contributed by atoms with van der Waals surface area (Å²) in [7, 11) is 0. The van der Waals surface area contributed by atoms with Crippen molar-refractivity contribution in [2.24, 2.45) is 0 Å². The number of nitrogens with zero attached hydrogens (tertiary/aromatic N) is 1. The highest BCUT2D eigenvalue weighted by atomic mass is 32.2. The van der Waals surface area contributed by atoms with Crippen LogP contribution in [0.15, 0.2) is 6.07 Å². The van der Waals surface area contributed by atoms with E-state index in [2.05, 4.69) is 15.6 Å². The minimum Gasteiger partial charge on any atom is -0.368 e. The predicted molar refractivity (Wildman–Crippen MR) is 81.5 cm³/mol. The van der Waals surface area contributed by atoms with Crippen molar-refractivity contribution >= 4 is 23.4 Å². The van der Waals surface area contributed by atoms with Gasteiger partial charge in [0.2, 0.25) is 0 Å². The van der Waals surface area contributed by atoms with E-state index in [1.807, 2.05) is 18.7 Å². The number of hydrogen-bond donors (Lipinski definition) is 2. The van der Waals surface area contributed by atoms with Gasteiger partial charge in [-0.25, -0.2) is 13.8 Å². The van der Waals surface area contributed by atoms with Gasteiger partial charge in [-0.1, -0.05) is 13.3 Å². The van der Waals surface area contributed by atoms with Gasteiger partial charge in [-0.3, -0.25) is 0 Å². The van der Waals surface area contributed by atoms with Crippen LogP contribution in [0.2, 0.25) is 0 Å². The van der Waals surface area contributed by atoms with Crippen molar-refractivity contribution in [2.45, 2.75) is 37.9 Å². The van der Waals surface area contributed by atoms with Crippen LogP contribution in [0.5, 0.6) is 0 Å². The van der Waals surface area contributed by atoms with E-state index in [4.69, 9.17) is 0 Å². The molecule has 2 N–H and O–H groups in total. The van der Waals surface area contributed by atoms with Gasteiger partial charge in [0, 0.05) is 24.4 Å². The molecule has 2 rings (SSSR count). The Kier molecular flexibility index (Phi) is 5.88. The molecule has 1 fully saturated rings. The average molecular weight is 301 g/mol. The molecule has 0 radical (unpaired) electrons. The van der Waals surface area contributed by atoms with Crippen LogP contribution < -0.4 is 10.6 Å². The molecule has 1 aliphatic heterocycles. The zero-order valence-corrected chi connectivity index (χ0v) is 12.5. The molecule has 1 aromatic heterocycles. The lowest BCUT2D eigenvalue weighted by Crippen LogP contribution is -2.21. The summed E-state index contributed by atoms with van der Waals surface area (Å²) in [4.78, 5) is 4.01. The molecule has 20 heavy (non-hydrogen) atoms. The molecule has 3 nitrogen and oxygen atoms in total. The normalized spacial score (nSPS) is 18.9. The first-order valence-corrected chi connectivity index (χ1v) is 8.21. The maximum atomic E-state index is 13.7. The second-order valence-corrected chi connectivity index (χ2v) is 6.35. The van der Waals surface area contributed by atoms with Crippen LogP contribution in [0.25, 0.3) is 0 Å². The monoisotopic (exact) mass is 301 g/mol. The predicted octanol–water partition coefficient (Wildman–Crippen LogP) is 3.88. The topological polar surface area (TPSA) is 37.0 Å². The number of anilines is 2. The van der Waals surface area contributed by atoms with Crippen LogP contribution in [-0.4, -0.2) is 29.1 Å². The molecule has 1 atom stereocenters. The highest BCUT2D eigenvalue weighted by molar-refractivity contribution is 7.99. The number of nitrogens with one attached hydrogen (secondary N) is 2. The molecule has 112 valence electrons. The molecule has 0 aromatic carbocycles. The molecule has 1 aromatic rings. The molecule has 0 saturated carbocycles. The van der Waals surface area contributed by atoms with Crippen molar-refractivity contribution in [1.82, 2.24) is 4.98 Å². The summed E-state index contributed by atoms with van der Waals surface area (Å²) in [5.74, 6) is 0.136. The van der Waals surface area contributed by atoms with E-state index < -0.39 is 11.6 Å². The lowest BCUT2D eigenvalue weighted by molar-refractivity contribution is 0.577. The van der Waals surface area contributed by atoms with Gasteiger partial charge >= 0.3 is 0 Å². The zero-order valence-electron chi connectivity index (χ0n) is 11.7. The number of rotatable bonds is 6. The van der Waals surface area contributed by atoms with E-state index in [1.165, 1.54) is 12.8 Å². The van der Waals surface area contributed by atoms with E-state index in [0.29, 0.717) is 18.3 Å². The third-order valence-electron chi connectivity index (χ3n) is 3.24. The van der Waals surface area contributed by atoms with Crippen molar-refractivity contribution < 1.29 is 8.78 Å². The molecule has 1 unspecified atom stereocenters. The summed E-state index contributed by atoms with van der Waals surface area (Å²) in [6, 6.07) is 0.890. The van der Waals surface area contributed by atoms with E-state index in [9.17, 15) is 8.78 Å². The lowest BCUT2D eigenvalue weighted by atomic mass is 10.2. The van der Waals surface area contributed by atoms with Crippen molar-refractivity contribution in [1.29, 1.82) is 0 Å².